The number of piperidine rings is 1. The molecular weight excluding hydrogens is 304 g/mol. The molecule has 0 saturated carbocycles. The van der Waals surface area contributed by atoms with Crippen LogP contribution in [-0.2, 0) is 6.54 Å². The molecule has 1 fully saturated rings. The fourth-order valence-electron chi connectivity index (χ4n) is 2.71. The van der Waals surface area contributed by atoms with E-state index in [0.29, 0.717) is 17.5 Å². The molecule has 0 spiro atoms. The van der Waals surface area contributed by atoms with E-state index in [-0.39, 0.29) is 12.4 Å². The summed E-state index contributed by atoms with van der Waals surface area (Å²) >= 11 is 0. The molecule has 3 rings (SSSR count). The summed E-state index contributed by atoms with van der Waals surface area (Å²) in [6, 6.07) is 3.65. The van der Waals surface area contributed by atoms with Crippen molar-refractivity contribution >= 4 is 12.4 Å². The lowest BCUT2D eigenvalue weighted by Crippen LogP contribution is -2.36. The molecule has 1 aliphatic rings. The van der Waals surface area contributed by atoms with Gasteiger partial charge in [-0.3, -0.25) is 4.90 Å². The average molecular weight is 327 g/mol. The molecule has 122 valence electrons. The molecule has 1 N–H and O–H groups in total. The van der Waals surface area contributed by atoms with E-state index in [1.807, 2.05) is 12.1 Å². The molecule has 0 radical (unpaired) electrons. The molecule has 6 nitrogen and oxygen atoms in total. The van der Waals surface area contributed by atoms with Crippen molar-refractivity contribution in [2.45, 2.75) is 26.3 Å². The van der Waals surface area contributed by atoms with Crippen LogP contribution in [0.3, 0.4) is 0 Å². The van der Waals surface area contributed by atoms with Gasteiger partial charge >= 0.3 is 0 Å². The third-order valence-corrected chi connectivity index (χ3v) is 3.96. The number of aromatic nitrogens is 2. The second-order valence-corrected chi connectivity index (χ2v) is 5.52. The van der Waals surface area contributed by atoms with Crippen molar-refractivity contribution in [1.82, 2.24) is 20.4 Å². The Kier molecular flexibility index (Phi) is 6.42. The highest BCUT2D eigenvalue weighted by Gasteiger charge is 2.21. The summed E-state index contributed by atoms with van der Waals surface area (Å²) < 4.78 is 10.6. The fourth-order valence-corrected chi connectivity index (χ4v) is 2.71. The van der Waals surface area contributed by atoms with E-state index < -0.39 is 0 Å². The predicted molar refractivity (Wildman–Crippen MR) is 85.8 cm³/mol. The maximum Gasteiger partial charge on any atom is 0.241 e. The van der Waals surface area contributed by atoms with Crippen LogP contribution in [0.4, 0.5) is 0 Å². The number of nitrogens with one attached hydrogen (secondary N) is 1. The molecule has 2 aromatic heterocycles. The number of hydrogen-bond donors (Lipinski definition) is 1. The van der Waals surface area contributed by atoms with Gasteiger partial charge in [-0.2, -0.15) is 4.98 Å². The minimum atomic E-state index is 0. The average Bonchev–Trinajstić information content (AvgIpc) is 3.17. The monoisotopic (exact) mass is 326 g/mol. The lowest BCUT2D eigenvalue weighted by atomic mass is 9.97. The van der Waals surface area contributed by atoms with E-state index in [2.05, 4.69) is 27.3 Å². The van der Waals surface area contributed by atoms with E-state index in [1.165, 1.54) is 12.8 Å². The highest BCUT2D eigenvalue weighted by Crippen LogP contribution is 2.20. The molecule has 2 aromatic rings. The van der Waals surface area contributed by atoms with Crippen LogP contribution in [0.1, 0.15) is 25.7 Å². The van der Waals surface area contributed by atoms with Crippen LogP contribution < -0.4 is 5.32 Å². The molecule has 3 heterocycles. The van der Waals surface area contributed by atoms with E-state index >= 15 is 0 Å². The fraction of sp³-hybridized carbons (Fsp3) is 0.600. The topological polar surface area (TPSA) is 67.3 Å². The van der Waals surface area contributed by atoms with Crippen LogP contribution in [-0.4, -0.2) is 41.2 Å². The van der Waals surface area contributed by atoms with Gasteiger partial charge in [-0.1, -0.05) is 12.1 Å². The summed E-state index contributed by atoms with van der Waals surface area (Å²) in [4.78, 5) is 6.77. The Morgan fingerprint density at radius 2 is 2.18 bits per heavy atom. The number of likely N-dealkylation sites (tertiary alicyclic amines) is 1. The summed E-state index contributed by atoms with van der Waals surface area (Å²) in [5.74, 6) is 2.63. The highest BCUT2D eigenvalue weighted by atomic mass is 35.5. The Balaban J connectivity index is 0.00000176. The zero-order valence-corrected chi connectivity index (χ0v) is 13.6. The first-order valence-corrected chi connectivity index (χ1v) is 7.64. The van der Waals surface area contributed by atoms with E-state index in [4.69, 9.17) is 8.94 Å². The van der Waals surface area contributed by atoms with Gasteiger partial charge in [0.1, 0.15) is 0 Å². The van der Waals surface area contributed by atoms with Crippen molar-refractivity contribution in [2.75, 3.05) is 26.2 Å². The van der Waals surface area contributed by atoms with Crippen LogP contribution in [0.15, 0.2) is 27.3 Å². The van der Waals surface area contributed by atoms with Gasteiger partial charge in [0.25, 0.3) is 0 Å². The van der Waals surface area contributed by atoms with Crippen molar-refractivity contribution in [3.8, 4) is 11.6 Å². The van der Waals surface area contributed by atoms with Crippen LogP contribution in [0.5, 0.6) is 0 Å². The lowest BCUT2D eigenvalue weighted by Gasteiger charge is -2.30. The maximum atomic E-state index is 5.31. The number of halogens is 1. The summed E-state index contributed by atoms with van der Waals surface area (Å²) in [5.41, 5.74) is 0. The zero-order chi connectivity index (χ0) is 14.5. The van der Waals surface area contributed by atoms with Crippen molar-refractivity contribution in [3.05, 3.63) is 24.3 Å². The van der Waals surface area contributed by atoms with Gasteiger partial charge in [-0.25, -0.2) is 0 Å². The maximum absolute atomic E-state index is 5.31. The first-order chi connectivity index (χ1) is 10.3. The minimum absolute atomic E-state index is 0. The Morgan fingerprint density at radius 3 is 2.86 bits per heavy atom. The number of rotatable bonds is 6. The molecule has 0 aliphatic carbocycles. The first kappa shape index (κ1) is 17.0. The van der Waals surface area contributed by atoms with Gasteiger partial charge < -0.3 is 14.3 Å². The number of furan rings is 1. The molecular formula is C15H23ClN4O2. The molecule has 0 aromatic carbocycles. The smallest absolute Gasteiger partial charge is 0.241 e. The van der Waals surface area contributed by atoms with Gasteiger partial charge in [-0.15, -0.1) is 12.4 Å². The number of nitrogens with zero attached hydrogens (tertiary/aromatic N) is 3. The normalized spacial score (nSPS) is 16.6. The van der Waals surface area contributed by atoms with Crippen molar-refractivity contribution < 1.29 is 8.94 Å². The van der Waals surface area contributed by atoms with Gasteiger partial charge in [0.15, 0.2) is 5.76 Å². The van der Waals surface area contributed by atoms with E-state index in [9.17, 15) is 0 Å². The van der Waals surface area contributed by atoms with Crippen LogP contribution in [0, 0.1) is 5.92 Å². The Labute approximate surface area is 136 Å². The summed E-state index contributed by atoms with van der Waals surface area (Å²) in [6.07, 6.45) is 4.07. The van der Waals surface area contributed by atoms with Crippen LogP contribution in [0.2, 0.25) is 0 Å². The molecule has 0 unspecified atom stereocenters. The number of hydrogen-bond acceptors (Lipinski definition) is 6. The van der Waals surface area contributed by atoms with Gasteiger partial charge in [0.05, 0.1) is 12.8 Å². The molecule has 0 bridgehead atoms. The molecule has 1 aliphatic heterocycles. The summed E-state index contributed by atoms with van der Waals surface area (Å²) in [5, 5.41) is 7.39. The second-order valence-electron chi connectivity index (χ2n) is 5.52. The Hall–Kier alpha value is -1.37. The molecule has 1 saturated heterocycles. The summed E-state index contributed by atoms with van der Waals surface area (Å²) in [7, 11) is 0. The first-order valence-electron chi connectivity index (χ1n) is 7.64. The van der Waals surface area contributed by atoms with Crippen LogP contribution >= 0.6 is 12.4 Å². The quantitative estimate of drug-likeness (QED) is 0.880. The van der Waals surface area contributed by atoms with Gasteiger partial charge in [0, 0.05) is 0 Å². The lowest BCUT2D eigenvalue weighted by molar-refractivity contribution is 0.158. The standard InChI is InChI=1S/C15H22N4O2.ClH/c1-2-16-10-12-5-7-19(8-6-12)11-14-17-15(18-21-14)13-4-3-9-20-13;/h3-4,9,12,16H,2,5-8,10-11H2,1H3;1H. The second kappa shape index (κ2) is 8.31. The third kappa shape index (κ3) is 4.32. The van der Waals surface area contributed by atoms with Crippen molar-refractivity contribution in [3.63, 3.8) is 0 Å². The molecule has 0 atom stereocenters. The SMILES string of the molecule is CCNCC1CCN(Cc2nc(-c3ccco3)no2)CC1.Cl. The van der Waals surface area contributed by atoms with E-state index in [0.717, 1.165) is 38.6 Å². The van der Waals surface area contributed by atoms with Gasteiger partial charge in [0.2, 0.25) is 11.7 Å². The molecule has 22 heavy (non-hydrogen) atoms. The molecule has 7 heteroatoms. The highest BCUT2D eigenvalue weighted by molar-refractivity contribution is 5.85. The third-order valence-electron chi connectivity index (χ3n) is 3.96. The Morgan fingerprint density at radius 1 is 1.36 bits per heavy atom. The van der Waals surface area contributed by atoms with E-state index in [1.54, 1.807) is 6.26 Å². The van der Waals surface area contributed by atoms with Crippen molar-refractivity contribution in [2.24, 2.45) is 5.92 Å². The zero-order valence-electron chi connectivity index (χ0n) is 12.8. The van der Waals surface area contributed by atoms with Crippen molar-refractivity contribution in [1.29, 1.82) is 0 Å². The van der Waals surface area contributed by atoms with Crippen LogP contribution in [0.25, 0.3) is 11.6 Å². The molecule has 0 amide bonds. The summed E-state index contributed by atoms with van der Waals surface area (Å²) in [6.45, 7) is 7.25. The van der Waals surface area contributed by atoms with Gasteiger partial charge in [-0.05, 0) is 57.1 Å². The predicted octanol–water partition coefficient (Wildman–Crippen LogP) is 2.57. The largest absolute Gasteiger partial charge is 0.461 e. The minimum Gasteiger partial charge on any atom is -0.461 e. The Bertz CT molecular complexity index is 535.